The molecule has 4 saturated carbocycles. The summed E-state index contributed by atoms with van der Waals surface area (Å²) in [5.74, 6) is 1.72. The summed E-state index contributed by atoms with van der Waals surface area (Å²) < 4.78 is 186. The molecule has 6 aromatic carbocycles. The molecule has 0 spiro atoms. The molecule has 628 valence electrons. The smallest absolute Gasteiger partial charge is 0.744 e. The van der Waals surface area contributed by atoms with Crippen molar-refractivity contribution in [1.82, 2.24) is 0 Å². The van der Waals surface area contributed by atoms with Gasteiger partial charge in [-0.25, -0.2) is 42.1 Å². The summed E-state index contributed by atoms with van der Waals surface area (Å²) >= 11 is 0. The first-order valence-corrected chi connectivity index (χ1v) is 47.8. The third-order valence-electron chi connectivity index (χ3n) is 19.5. The second-order valence-corrected chi connectivity index (χ2v) is 43.8. The van der Waals surface area contributed by atoms with Crippen LogP contribution >= 0.6 is 14.5 Å². The molecule has 0 aliphatic heterocycles. The van der Waals surface area contributed by atoms with Gasteiger partial charge >= 0.3 is 34.1 Å². The number of allylic oxidation sites excluding steroid dienone is 6. The Labute approximate surface area is 711 Å². The maximum atomic E-state index is 12.0. The third kappa shape index (κ3) is 32.2. The number of quaternary nitrogens is 2. The van der Waals surface area contributed by atoms with E-state index < -0.39 is 89.6 Å². The summed E-state index contributed by atoms with van der Waals surface area (Å²) in [7, 11) is -17.5. The number of aromatic nitrogens is 2. The Morgan fingerprint density at radius 1 is 0.313 bits per heavy atom. The van der Waals surface area contributed by atoms with E-state index in [2.05, 4.69) is 91.1 Å². The van der Waals surface area contributed by atoms with E-state index >= 15 is 0 Å². The molecule has 12 rings (SSSR count). The normalized spacial score (nSPS) is 15.0. The van der Waals surface area contributed by atoms with Crippen LogP contribution in [0.25, 0.3) is 11.1 Å². The van der Waals surface area contributed by atoms with Gasteiger partial charge in [-0.15, -0.1) is 0 Å². The quantitative estimate of drug-likeness (QED) is 0.0116. The second-order valence-electron chi connectivity index (χ2n) is 30.0. The molecule has 4 fully saturated rings. The third-order valence-corrected chi connectivity index (χ3v) is 32.4. The number of nitrogens with zero attached hydrogens (tertiary/aromatic N) is 4. The molecular weight excluding hydrogens is 1670 g/mol. The SMILES string of the molecule is C1CCCC1.C1CCCC1.C[N+](C)(C)/C=C/C=C/C1CCCC1.C[N+](C)(C)/C=C/C=C/C1CCCC1.Cc1ccc([P+](C[n+]2ccc(-c3cc[n+](C[P+](c4ccc(S(=O)(=O)[O-])cc4)(c4ccc(S(=O)(=O)[O-])cc4)c4ccc(S(=O)(=O)[O-])cc4)cc3)cc2)(c2ccc(S(=O)(=O)[O-])cc2)c2ccc(S(=O)(=O)[O-])cc2)cc1.[CH3-].[CH3-].[CH3-].[CH3-].[Fe+2].[Fe+2]. The van der Waals surface area contributed by atoms with E-state index in [0.717, 1.165) is 79.2 Å². The Balaban J connectivity index is 0.000000870. The van der Waals surface area contributed by atoms with Crippen LogP contribution in [0.4, 0.5) is 0 Å². The number of benzene rings is 6. The number of pyridine rings is 2. The van der Waals surface area contributed by atoms with Crippen molar-refractivity contribution in [3.63, 3.8) is 0 Å². The Hall–Kier alpha value is -6.05. The molecule has 0 unspecified atom stereocenters. The molecule has 28 heteroatoms. The van der Waals surface area contributed by atoms with Crippen molar-refractivity contribution in [2.45, 2.75) is 160 Å². The summed E-state index contributed by atoms with van der Waals surface area (Å²) in [6.07, 6.45) is 51.6. The number of hydrogen-bond acceptors (Lipinski definition) is 15. The zero-order valence-electron chi connectivity index (χ0n) is 67.9. The molecular formula is C87H115Fe2N4O15P2S5+. The Kier molecular flexibility index (Phi) is 43.0. The fourth-order valence-electron chi connectivity index (χ4n) is 13.6. The number of aryl methyl sites for hydroxylation is 1. The number of rotatable bonds is 22. The van der Waals surface area contributed by atoms with Crippen molar-refractivity contribution in [3.05, 3.63) is 279 Å². The van der Waals surface area contributed by atoms with Gasteiger partial charge in [-0.1, -0.05) is 132 Å². The van der Waals surface area contributed by atoms with Crippen LogP contribution in [0.3, 0.4) is 0 Å². The van der Waals surface area contributed by atoms with Crippen molar-refractivity contribution < 1.29 is 117 Å². The molecule has 0 atom stereocenters. The fraction of sp³-hybridized carbons (Fsp3) is 0.333. The molecule has 0 amide bonds. The summed E-state index contributed by atoms with van der Waals surface area (Å²) in [6, 6.07) is 41.4. The minimum atomic E-state index is -4.89. The predicted octanol–water partition coefficient (Wildman–Crippen LogP) is 14.3. The molecule has 2 heterocycles. The Bertz CT molecular complexity index is 4670. The van der Waals surface area contributed by atoms with Crippen LogP contribution in [-0.2, 0) is 97.3 Å². The van der Waals surface area contributed by atoms with E-state index in [9.17, 15) is 64.9 Å². The fourth-order valence-corrected chi connectivity index (χ4v) is 24.0. The van der Waals surface area contributed by atoms with Crippen LogP contribution in [0.15, 0.2) is 268 Å². The van der Waals surface area contributed by atoms with Gasteiger partial charge in [0.2, 0.25) is 0 Å². The molecule has 115 heavy (non-hydrogen) atoms. The molecule has 19 nitrogen and oxygen atoms in total. The first-order valence-electron chi connectivity index (χ1n) is 36.8. The zero-order valence-corrected chi connectivity index (χ0v) is 76.0. The van der Waals surface area contributed by atoms with Crippen molar-refractivity contribution in [2.24, 2.45) is 11.8 Å². The van der Waals surface area contributed by atoms with Crippen LogP contribution in [0.2, 0.25) is 0 Å². The first kappa shape index (κ1) is 105. The Morgan fingerprint density at radius 3 is 0.687 bits per heavy atom. The summed E-state index contributed by atoms with van der Waals surface area (Å²) in [5.41, 5.74) is 2.43. The maximum absolute atomic E-state index is 12.0. The monoisotopic (exact) mass is 1790 g/mol. The van der Waals surface area contributed by atoms with Crippen molar-refractivity contribution in [1.29, 1.82) is 0 Å². The van der Waals surface area contributed by atoms with Gasteiger partial charge in [-0.2, -0.15) is 9.13 Å². The largest absolute Gasteiger partial charge is 2.00 e. The minimum absolute atomic E-state index is 0. The van der Waals surface area contributed by atoms with E-state index in [0.29, 0.717) is 26.5 Å². The van der Waals surface area contributed by atoms with Gasteiger partial charge in [0.05, 0.1) is 79.2 Å². The summed E-state index contributed by atoms with van der Waals surface area (Å²) in [6.45, 7) is 1.91. The van der Waals surface area contributed by atoms with E-state index in [4.69, 9.17) is 0 Å². The van der Waals surface area contributed by atoms with Gasteiger partial charge in [0.1, 0.15) is 82.4 Å². The van der Waals surface area contributed by atoms with E-state index in [-0.39, 0.29) is 76.4 Å². The van der Waals surface area contributed by atoms with Gasteiger partial charge in [-0.3, -0.25) is 0 Å². The first-order chi connectivity index (χ1) is 51.3. The predicted molar refractivity (Wildman–Crippen MR) is 455 cm³/mol. The van der Waals surface area contributed by atoms with Crippen LogP contribution in [0, 0.1) is 48.5 Å². The van der Waals surface area contributed by atoms with Crippen LogP contribution in [0.5, 0.6) is 0 Å². The van der Waals surface area contributed by atoms with Crippen molar-refractivity contribution in [2.75, 3.05) is 42.3 Å². The minimum Gasteiger partial charge on any atom is -0.744 e. The summed E-state index contributed by atoms with van der Waals surface area (Å²) in [5, 5.41) is 3.49. The second kappa shape index (κ2) is 47.1. The van der Waals surface area contributed by atoms with Crippen molar-refractivity contribution in [3.8, 4) is 11.1 Å². The zero-order chi connectivity index (χ0) is 79.3. The average molecular weight is 1790 g/mol. The molecule has 0 bridgehead atoms. The van der Waals surface area contributed by atoms with E-state index in [1.807, 2.05) is 72.4 Å². The maximum Gasteiger partial charge on any atom is 2.00 e. The van der Waals surface area contributed by atoms with Gasteiger partial charge < -0.3 is 61.4 Å². The summed E-state index contributed by atoms with van der Waals surface area (Å²) in [4.78, 5) is -2.47. The van der Waals surface area contributed by atoms with Crippen LogP contribution < -0.4 is 41.0 Å². The molecule has 4 aliphatic carbocycles. The topological polar surface area (TPSA) is 294 Å². The van der Waals surface area contributed by atoms with Gasteiger partial charge in [0, 0.05) is 24.3 Å². The molecule has 0 saturated heterocycles. The van der Waals surface area contributed by atoms with Crippen LogP contribution in [0.1, 0.15) is 121 Å². The van der Waals surface area contributed by atoms with Crippen molar-refractivity contribution >= 4 is 96.9 Å². The molecule has 2 aromatic heterocycles. The Morgan fingerprint density at radius 2 is 0.504 bits per heavy atom. The molecule has 0 radical (unpaired) electrons. The molecule has 4 aliphatic rings. The van der Waals surface area contributed by atoms with E-state index in [1.54, 1.807) is 41.2 Å². The van der Waals surface area contributed by atoms with E-state index in [1.165, 1.54) is 176 Å². The molecule has 8 aromatic rings. The standard InChI is InChI=1S/C49H40N2O15P2S5.2C12H22N.2C5H10.4CH3.2Fe/c1-36-2-4-39(5-3-36)67(40-6-16-45(17-7-40)69(52,53)54,41-8-18-46(19-9-41)70(55,56)57)34-50-30-26-37(27-31-50)38-28-32-51(33-29-38)35-68(42-10-20-47(21-11-42)71(58,59)60,43-12-22-48(23-13-43)72(61,62)63)44-14-24-49(25-15-44)73(64,65)66;2*1-13(2,3)11-7-6-10-12-8-4-5-9-12;2*1-2-4-5-3-1;;;;;;/h2-33H,34-35H2,1H3,(H-4,52,53,54,55,56,57,58,59,60,61,62,63,64,65,66);2*6-7,10-12H,4-5,8-9H2,1-3H3;2*1-5H2;4*1H3;;/q;2*+1;;;4*-1;2*+2/p-1/b;2*10-6+,11-7+;;;;;;;;. The number of hydrogen-bond donors (Lipinski definition) is 0. The van der Waals surface area contributed by atoms with Gasteiger partial charge in [0.15, 0.2) is 39.3 Å². The van der Waals surface area contributed by atoms with Gasteiger partial charge in [-0.05, 0) is 201 Å². The van der Waals surface area contributed by atoms with Gasteiger partial charge in [0.25, 0.3) is 12.6 Å². The van der Waals surface area contributed by atoms with Crippen LogP contribution in [-0.4, -0.2) is 116 Å². The average Bonchev–Trinajstić information content (AvgIpc) is 0.853. The molecule has 0 N–H and O–H groups in total.